The Morgan fingerprint density at radius 3 is 2.71 bits per heavy atom. The Morgan fingerprint density at radius 1 is 1.53 bits per heavy atom. The summed E-state index contributed by atoms with van der Waals surface area (Å²) in [5.74, 6) is 0.0233. The second-order valence-corrected chi connectivity index (χ2v) is 5.45. The molecule has 0 fully saturated rings. The lowest BCUT2D eigenvalue weighted by atomic mass is 10.2. The predicted octanol–water partition coefficient (Wildman–Crippen LogP) is 1.83. The number of carbonyl (C=O) groups excluding carboxylic acids is 1. The van der Waals surface area contributed by atoms with E-state index in [0.29, 0.717) is 6.54 Å². The van der Waals surface area contributed by atoms with Crippen LogP contribution >= 0.6 is 22.6 Å². The predicted molar refractivity (Wildman–Crippen MR) is 80.1 cm³/mol. The molecule has 0 aliphatic heterocycles. The fraction of sp³-hybridized carbons (Fsp3) is 0.417. The zero-order chi connectivity index (χ0) is 13.0. The van der Waals surface area contributed by atoms with Crippen LogP contribution in [-0.4, -0.2) is 25.5 Å². The molecule has 0 bridgehead atoms. The second-order valence-electron chi connectivity index (χ2n) is 4.29. The summed E-state index contributed by atoms with van der Waals surface area (Å²) in [6, 6.07) is 5.84. The van der Waals surface area contributed by atoms with Gasteiger partial charge in [-0.15, -0.1) is 0 Å². The lowest BCUT2D eigenvalue weighted by Gasteiger charge is -2.21. The van der Waals surface area contributed by atoms with E-state index in [2.05, 4.69) is 27.9 Å². The van der Waals surface area contributed by atoms with E-state index >= 15 is 0 Å². The highest BCUT2D eigenvalue weighted by Gasteiger charge is 2.10. The Hall–Kier alpha value is -0.980. The third kappa shape index (κ3) is 4.41. The molecular formula is C12H18IN3O. The number of nitrogen functional groups attached to an aromatic ring is 1. The fourth-order valence-corrected chi connectivity index (χ4v) is 2.45. The maximum Gasteiger partial charge on any atom is 0.239 e. The van der Waals surface area contributed by atoms with Crippen LogP contribution in [0.2, 0.25) is 0 Å². The van der Waals surface area contributed by atoms with Crippen molar-refractivity contribution in [1.29, 1.82) is 0 Å². The summed E-state index contributed by atoms with van der Waals surface area (Å²) in [6.45, 7) is 4.24. The van der Waals surface area contributed by atoms with Gasteiger partial charge in [-0.1, -0.05) is 0 Å². The number of nitrogens with zero attached hydrogens (tertiary/aromatic N) is 1. The summed E-state index contributed by atoms with van der Waals surface area (Å²) in [5, 5.41) is 2.87. The smallest absolute Gasteiger partial charge is 0.239 e. The maximum atomic E-state index is 11.6. The van der Waals surface area contributed by atoms with Gasteiger partial charge < -0.3 is 16.0 Å². The van der Waals surface area contributed by atoms with Crippen LogP contribution in [0.25, 0.3) is 0 Å². The molecular weight excluding hydrogens is 329 g/mol. The lowest BCUT2D eigenvalue weighted by molar-refractivity contribution is -0.120. The summed E-state index contributed by atoms with van der Waals surface area (Å²) in [7, 11) is 1.90. The Kier molecular flexibility index (Phi) is 5.04. The number of nitrogens with one attached hydrogen (secondary N) is 1. The number of hydrogen-bond acceptors (Lipinski definition) is 3. The van der Waals surface area contributed by atoms with Crippen molar-refractivity contribution in [2.24, 2.45) is 0 Å². The van der Waals surface area contributed by atoms with Gasteiger partial charge in [-0.05, 0) is 54.6 Å². The number of benzene rings is 1. The molecule has 3 N–H and O–H groups in total. The van der Waals surface area contributed by atoms with E-state index in [-0.39, 0.29) is 11.9 Å². The number of nitrogens with two attached hydrogens (primary N) is 1. The van der Waals surface area contributed by atoms with Gasteiger partial charge in [0.2, 0.25) is 5.91 Å². The Labute approximate surface area is 116 Å². The fourth-order valence-electron chi connectivity index (χ4n) is 1.50. The van der Waals surface area contributed by atoms with Gasteiger partial charge in [0.05, 0.1) is 12.2 Å². The van der Waals surface area contributed by atoms with E-state index in [1.165, 1.54) is 0 Å². The number of anilines is 2. The molecule has 4 nitrogen and oxygen atoms in total. The number of hydrogen-bond donors (Lipinski definition) is 2. The molecule has 0 radical (unpaired) electrons. The maximum absolute atomic E-state index is 11.6. The summed E-state index contributed by atoms with van der Waals surface area (Å²) >= 11 is 2.22. The molecule has 5 heteroatoms. The third-order valence-electron chi connectivity index (χ3n) is 2.21. The molecule has 0 atom stereocenters. The number of carbonyl (C=O) groups is 1. The van der Waals surface area contributed by atoms with E-state index in [9.17, 15) is 4.79 Å². The van der Waals surface area contributed by atoms with Crippen molar-refractivity contribution < 1.29 is 4.79 Å². The van der Waals surface area contributed by atoms with Crippen molar-refractivity contribution in [2.45, 2.75) is 19.9 Å². The number of rotatable bonds is 4. The average molecular weight is 347 g/mol. The molecule has 94 valence electrons. The highest BCUT2D eigenvalue weighted by molar-refractivity contribution is 14.1. The number of halogens is 1. The molecule has 0 aromatic heterocycles. The van der Waals surface area contributed by atoms with Crippen LogP contribution in [0, 0.1) is 3.57 Å². The Morgan fingerprint density at radius 2 is 2.18 bits per heavy atom. The Balaban J connectivity index is 2.69. The molecule has 1 rings (SSSR count). The number of amides is 1. The van der Waals surface area contributed by atoms with Gasteiger partial charge in [-0.25, -0.2) is 0 Å². The first-order chi connectivity index (χ1) is 7.90. The summed E-state index contributed by atoms with van der Waals surface area (Å²) in [4.78, 5) is 13.6. The average Bonchev–Trinajstić information content (AvgIpc) is 2.15. The van der Waals surface area contributed by atoms with E-state index in [1.807, 2.05) is 44.0 Å². The van der Waals surface area contributed by atoms with Crippen LogP contribution < -0.4 is 16.0 Å². The first-order valence-electron chi connectivity index (χ1n) is 5.45. The van der Waals surface area contributed by atoms with Gasteiger partial charge in [0.1, 0.15) is 0 Å². The van der Waals surface area contributed by atoms with Crippen LogP contribution in [0.15, 0.2) is 18.2 Å². The highest BCUT2D eigenvalue weighted by atomic mass is 127. The molecule has 0 spiro atoms. The summed E-state index contributed by atoms with van der Waals surface area (Å²) in [5.41, 5.74) is 7.44. The Bertz CT molecular complexity index is 407. The molecule has 0 saturated carbocycles. The van der Waals surface area contributed by atoms with E-state index in [0.717, 1.165) is 14.9 Å². The molecule has 1 amide bonds. The van der Waals surface area contributed by atoms with Gasteiger partial charge in [-0.2, -0.15) is 0 Å². The van der Waals surface area contributed by atoms with Crippen LogP contribution in [0.5, 0.6) is 0 Å². The quantitative estimate of drug-likeness (QED) is 0.646. The minimum Gasteiger partial charge on any atom is -0.399 e. The van der Waals surface area contributed by atoms with Crippen molar-refractivity contribution in [3.8, 4) is 0 Å². The molecule has 0 unspecified atom stereocenters. The second kappa shape index (κ2) is 6.09. The normalized spacial score (nSPS) is 10.4. The van der Waals surface area contributed by atoms with Crippen LogP contribution in [0.4, 0.5) is 11.4 Å². The van der Waals surface area contributed by atoms with Gasteiger partial charge >= 0.3 is 0 Å². The van der Waals surface area contributed by atoms with Gasteiger partial charge in [0.15, 0.2) is 0 Å². The first-order valence-corrected chi connectivity index (χ1v) is 6.53. The molecule has 17 heavy (non-hydrogen) atoms. The molecule has 1 aromatic rings. The van der Waals surface area contributed by atoms with Crippen molar-refractivity contribution in [2.75, 3.05) is 24.2 Å². The van der Waals surface area contributed by atoms with Crippen molar-refractivity contribution in [1.82, 2.24) is 5.32 Å². The van der Waals surface area contributed by atoms with Crippen molar-refractivity contribution in [3.63, 3.8) is 0 Å². The lowest BCUT2D eigenvalue weighted by Crippen LogP contribution is -2.38. The molecule has 0 heterocycles. The molecule has 0 saturated heterocycles. The van der Waals surface area contributed by atoms with E-state index in [1.54, 1.807) is 0 Å². The van der Waals surface area contributed by atoms with Crippen molar-refractivity contribution in [3.05, 3.63) is 21.8 Å². The zero-order valence-corrected chi connectivity index (χ0v) is 12.5. The van der Waals surface area contributed by atoms with Crippen LogP contribution in [0.3, 0.4) is 0 Å². The zero-order valence-electron chi connectivity index (χ0n) is 10.3. The number of likely N-dealkylation sites (N-methyl/N-ethyl adjacent to an activating group) is 1. The minimum absolute atomic E-state index is 0.0233. The van der Waals surface area contributed by atoms with Crippen LogP contribution in [-0.2, 0) is 4.79 Å². The molecule has 0 aliphatic carbocycles. The van der Waals surface area contributed by atoms with Gasteiger partial charge in [-0.3, -0.25) is 4.79 Å². The van der Waals surface area contributed by atoms with Crippen molar-refractivity contribution >= 4 is 39.9 Å². The first kappa shape index (κ1) is 14.1. The summed E-state index contributed by atoms with van der Waals surface area (Å²) < 4.78 is 1.04. The topological polar surface area (TPSA) is 58.4 Å². The van der Waals surface area contributed by atoms with E-state index < -0.39 is 0 Å². The van der Waals surface area contributed by atoms with Gasteiger partial charge in [0.25, 0.3) is 0 Å². The minimum atomic E-state index is 0.0233. The molecule has 1 aromatic carbocycles. The van der Waals surface area contributed by atoms with E-state index in [4.69, 9.17) is 5.73 Å². The van der Waals surface area contributed by atoms with Crippen LogP contribution in [0.1, 0.15) is 13.8 Å². The SMILES string of the molecule is CC(C)NC(=O)CN(C)c1ccc(N)cc1I. The third-order valence-corrected chi connectivity index (χ3v) is 3.08. The molecule has 0 aliphatic rings. The standard InChI is InChI=1S/C12H18IN3O/c1-8(2)15-12(17)7-16(3)11-5-4-9(14)6-10(11)13/h4-6,8H,7,14H2,1-3H3,(H,15,17). The monoisotopic (exact) mass is 347 g/mol. The summed E-state index contributed by atoms with van der Waals surface area (Å²) in [6.07, 6.45) is 0. The van der Waals surface area contributed by atoms with Gasteiger partial charge in [0, 0.05) is 22.3 Å². The largest absolute Gasteiger partial charge is 0.399 e. The highest BCUT2D eigenvalue weighted by Crippen LogP contribution is 2.23.